The molecule has 0 saturated carbocycles. The molecule has 0 amide bonds. The molecule has 0 saturated heterocycles. The summed E-state index contributed by atoms with van der Waals surface area (Å²) >= 11 is 0. The number of allylic oxidation sites excluding steroid dienone is 4. The van der Waals surface area contributed by atoms with E-state index in [0.717, 1.165) is 23.1 Å². The molecule has 3 nitrogen and oxygen atoms in total. The van der Waals surface area contributed by atoms with E-state index in [4.69, 9.17) is 0 Å². The summed E-state index contributed by atoms with van der Waals surface area (Å²) in [6.45, 7) is 8.17. The quantitative estimate of drug-likeness (QED) is 0.436. The molecule has 0 aliphatic heterocycles. The normalized spacial score (nSPS) is 10.8. The summed E-state index contributed by atoms with van der Waals surface area (Å²) in [7, 11) is 0. The van der Waals surface area contributed by atoms with Crippen molar-refractivity contribution in [3.63, 3.8) is 0 Å². The highest BCUT2D eigenvalue weighted by atomic mass is 16.3. The van der Waals surface area contributed by atoms with Gasteiger partial charge < -0.3 is 15.3 Å². The van der Waals surface area contributed by atoms with E-state index in [0.29, 0.717) is 17.7 Å². The summed E-state index contributed by atoms with van der Waals surface area (Å²) in [6, 6.07) is 8.32. The highest BCUT2D eigenvalue weighted by Crippen LogP contribution is 2.27. The lowest BCUT2D eigenvalue weighted by Crippen LogP contribution is -1.93. The number of hydrogen-bond acceptors (Lipinski definition) is 3. The molecule has 0 bridgehead atoms. The minimum atomic E-state index is 0.0226. The lowest BCUT2D eigenvalue weighted by atomic mass is 9.96. The first-order chi connectivity index (χ1) is 12.7. The van der Waals surface area contributed by atoms with Crippen LogP contribution >= 0.6 is 0 Å². The first kappa shape index (κ1) is 20.4. The number of phenols is 3. The topological polar surface area (TPSA) is 60.7 Å². The molecule has 3 N–H and O–H groups in total. The highest BCUT2D eigenvalue weighted by Gasteiger charge is 2.07. The van der Waals surface area contributed by atoms with E-state index in [1.54, 1.807) is 12.1 Å². The molecule has 0 fully saturated rings. The molecule has 142 valence electrons. The van der Waals surface area contributed by atoms with E-state index in [-0.39, 0.29) is 11.5 Å². The van der Waals surface area contributed by atoms with Gasteiger partial charge in [-0.25, -0.2) is 0 Å². The zero-order valence-electron chi connectivity index (χ0n) is 16.5. The van der Waals surface area contributed by atoms with Gasteiger partial charge in [-0.15, -0.1) is 0 Å². The fourth-order valence-corrected chi connectivity index (χ4v) is 2.72. The van der Waals surface area contributed by atoms with E-state index in [1.165, 1.54) is 17.2 Å². The number of hydrogen-bond donors (Lipinski definition) is 3. The van der Waals surface area contributed by atoms with Crippen molar-refractivity contribution in [1.29, 1.82) is 0 Å². The predicted octanol–water partition coefficient (Wildman–Crippen LogP) is 5.99. The Balaban J connectivity index is 2.45. The number of aromatic hydroxyl groups is 3. The minimum Gasteiger partial charge on any atom is -0.508 e. The second-order valence-corrected chi connectivity index (χ2v) is 7.27. The fourth-order valence-electron chi connectivity index (χ4n) is 2.72. The van der Waals surface area contributed by atoms with E-state index >= 15 is 0 Å². The summed E-state index contributed by atoms with van der Waals surface area (Å²) in [5.41, 5.74) is 6.03. The van der Waals surface area contributed by atoms with Gasteiger partial charge in [0.15, 0.2) is 0 Å². The van der Waals surface area contributed by atoms with Gasteiger partial charge in [0.1, 0.15) is 17.2 Å². The molecule has 0 atom stereocenters. The maximum absolute atomic E-state index is 10.4. The standard InChI is InChI=1S/C24H28O3/c1-16(2)5-8-20-14-24(27)21(9-6-17(3)4)13-19(20)10-7-18-11-22(25)15-23(26)12-18/h5-7,10-15,25-27H,8-9H2,1-4H3/b10-7+. The maximum Gasteiger partial charge on any atom is 0.119 e. The van der Waals surface area contributed by atoms with Crippen LogP contribution in [0, 0.1) is 0 Å². The van der Waals surface area contributed by atoms with Crippen molar-refractivity contribution in [2.75, 3.05) is 0 Å². The Bertz CT molecular complexity index is 874. The van der Waals surface area contributed by atoms with Crippen LogP contribution in [0.4, 0.5) is 0 Å². The molecule has 2 aromatic carbocycles. The summed E-state index contributed by atoms with van der Waals surface area (Å²) in [5.74, 6) is 0.348. The van der Waals surface area contributed by atoms with Gasteiger partial charge >= 0.3 is 0 Å². The van der Waals surface area contributed by atoms with Gasteiger partial charge in [-0.05, 0) is 87.1 Å². The van der Waals surface area contributed by atoms with Crippen LogP contribution in [0.25, 0.3) is 12.2 Å². The average Bonchev–Trinajstić information content (AvgIpc) is 2.56. The Morgan fingerprint density at radius 1 is 0.704 bits per heavy atom. The molecular formula is C24H28O3. The number of phenolic OH excluding ortho intramolecular Hbond substituents is 3. The second kappa shape index (κ2) is 9.13. The maximum atomic E-state index is 10.4. The molecule has 2 aromatic rings. The van der Waals surface area contributed by atoms with Gasteiger partial charge in [0.25, 0.3) is 0 Å². The molecule has 0 unspecified atom stereocenters. The minimum absolute atomic E-state index is 0.0226. The van der Waals surface area contributed by atoms with Crippen LogP contribution in [0.2, 0.25) is 0 Å². The Hall–Kier alpha value is -2.94. The third-order valence-corrected chi connectivity index (χ3v) is 4.18. The van der Waals surface area contributed by atoms with Crippen LogP contribution in [-0.4, -0.2) is 15.3 Å². The lowest BCUT2D eigenvalue weighted by Gasteiger charge is -2.10. The highest BCUT2D eigenvalue weighted by molar-refractivity contribution is 5.73. The third kappa shape index (κ3) is 6.37. The van der Waals surface area contributed by atoms with Gasteiger partial charge in [-0.3, -0.25) is 0 Å². The summed E-state index contributed by atoms with van der Waals surface area (Å²) in [5, 5.41) is 29.7. The summed E-state index contributed by atoms with van der Waals surface area (Å²) < 4.78 is 0. The molecule has 0 heterocycles. The SMILES string of the molecule is CC(C)=CCc1cc(/C=C/c2cc(O)cc(O)c2)c(CC=C(C)C)cc1O. The van der Waals surface area contributed by atoms with Gasteiger partial charge in [-0.2, -0.15) is 0 Å². The molecular weight excluding hydrogens is 336 g/mol. The van der Waals surface area contributed by atoms with Crippen LogP contribution in [-0.2, 0) is 12.8 Å². The molecule has 27 heavy (non-hydrogen) atoms. The molecule has 0 aliphatic carbocycles. The molecule has 0 radical (unpaired) electrons. The Morgan fingerprint density at radius 3 is 1.81 bits per heavy atom. The Labute approximate surface area is 161 Å². The van der Waals surface area contributed by atoms with Crippen molar-refractivity contribution in [2.24, 2.45) is 0 Å². The molecule has 0 aromatic heterocycles. The Morgan fingerprint density at radius 2 is 1.26 bits per heavy atom. The number of rotatable bonds is 6. The van der Waals surface area contributed by atoms with E-state index in [1.807, 2.05) is 52.0 Å². The van der Waals surface area contributed by atoms with Gasteiger partial charge in [-0.1, -0.05) is 35.5 Å². The van der Waals surface area contributed by atoms with Gasteiger partial charge in [0.05, 0.1) is 0 Å². The van der Waals surface area contributed by atoms with Gasteiger partial charge in [0.2, 0.25) is 0 Å². The second-order valence-electron chi connectivity index (χ2n) is 7.27. The molecule has 3 heteroatoms. The Kier molecular flexibility index (Phi) is 6.89. The van der Waals surface area contributed by atoms with Crippen molar-refractivity contribution < 1.29 is 15.3 Å². The van der Waals surface area contributed by atoms with E-state index in [2.05, 4.69) is 12.2 Å². The first-order valence-electron chi connectivity index (χ1n) is 9.07. The first-order valence-corrected chi connectivity index (χ1v) is 9.07. The van der Waals surface area contributed by atoms with Crippen LogP contribution in [0.3, 0.4) is 0 Å². The fraction of sp³-hybridized carbons (Fsp3) is 0.250. The summed E-state index contributed by atoms with van der Waals surface area (Å²) in [4.78, 5) is 0. The third-order valence-electron chi connectivity index (χ3n) is 4.18. The largest absolute Gasteiger partial charge is 0.508 e. The van der Waals surface area contributed by atoms with Crippen molar-refractivity contribution in [2.45, 2.75) is 40.5 Å². The molecule has 0 aliphatic rings. The smallest absolute Gasteiger partial charge is 0.119 e. The predicted molar refractivity (Wildman–Crippen MR) is 113 cm³/mol. The average molecular weight is 364 g/mol. The van der Waals surface area contributed by atoms with Crippen LogP contribution in [0.5, 0.6) is 17.2 Å². The van der Waals surface area contributed by atoms with Crippen LogP contribution in [0.15, 0.2) is 53.6 Å². The van der Waals surface area contributed by atoms with Crippen molar-refractivity contribution >= 4 is 12.2 Å². The van der Waals surface area contributed by atoms with E-state index < -0.39 is 0 Å². The van der Waals surface area contributed by atoms with Crippen LogP contribution in [0.1, 0.15) is 49.9 Å². The van der Waals surface area contributed by atoms with Crippen LogP contribution < -0.4 is 0 Å². The molecule has 2 rings (SSSR count). The van der Waals surface area contributed by atoms with Crippen molar-refractivity contribution in [3.05, 3.63) is 75.9 Å². The lowest BCUT2D eigenvalue weighted by molar-refractivity contribution is 0.450. The van der Waals surface area contributed by atoms with Crippen molar-refractivity contribution in [3.8, 4) is 17.2 Å². The van der Waals surface area contributed by atoms with E-state index in [9.17, 15) is 15.3 Å². The van der Waals surface area contributed by atoms with Crippen molar-refractivity contribution in [1.82, 2.24) is 0 Å². The zero-order chi connectivity index (χ0) is 20.0. The summed E-state index contributed by atoms with van der Waals surface area (Å²) in [6.07, 6.45) is 9.42. The monoisotopic (exact) mass is 364 g/mol. The molecule has 0 spiro atoms. The number of benzene rings is 2. The van der Waals surface area contributed by atoms with Gasteiger partial charge in [0, 0.05) is 6.07 Å². The zero-order valence-corrected chi connectivity index (χ0v) is 16.5.